The van der Waals surface area contributed by atoms with E-state index in [1.165, 1.54) is 48.8 Å². The summed E-state index contributed by atoms with van der Waals surface area (Å²) < 4.78 is 7.49. The van der Waals surface area contributed by atoms with Crippen LogP contribution in [0.5, 0.6) is 11.8 Å². The average Bonchev–Trinajstić information content (AvgIpc) is 3.44. The van der Waals surface area contributed by atoms with E-state index < -0.39 is 5.97 Å². The SMILES string of the molecule is CCCn1c(Oc2ccc(C(=O)O)cc2)nc2nc(C34CCCC5CC3CC5C4)[nH]c2c1=O. The lowest BCUT2D eigenvalue weighted by molar-refractivity contribution is 0.0697. The van der Waals surface area contributed by atoms with E-state index in [1.807, 2.05) is 6.92 Å². The molecule has 0 radical (unpaired) electrons. The van der Waals surface area contributed by atoms with E-state index in [0.717, 1.165) is 30.5 Å². The first-order chi connectivity index (χ1) is 16.0. The second-order valence-corrected chi connectivity index (χ2v) is 10.0. The molecule has 4 unspecified atom stereocenters. The molecular formula is C25H28N4O4. The first-order valence-electron chi connectivity index (χ1n) is 12.0. The van der Waals surface area contributed by atoms with E-state index in [2.05, 4.69) is 9.97 Å². The number of aromatic amines is 1. The Hall–Kier alpha value is -3.16. The molecule has 1 aromatic carbocycles. The van der Waals surface area contributed by atoms with E-state index in [0.29, 0.717) is 29.4 Å². The van der Waals surface area contributed by atoms with E-state index in [9.17, 15) is 9.59 Å². The Morgan fingerprint density at radius 1 is 1.24 bits per heavy atom. The Kier molecular flexibility index (Phi) is 4.61. The van der Waals surface area contributed by atoms with Gasteiger partial charge in [-0.05, 0) is 74.1 Å². The van der Waals surface area contributed by atoms with Crippen LogP contribution in [0.15, 0.2) is 29.1 Å². The summed E-state index contributed by atoms with van der Waals surface area (Å²) in [5.41, 5.74) is 0.893. The number of fused-ring (bicyclic) bond motifs is 3. The topological polar surface area (TPSA) is 110 Å². The Morgan fingerprint density at radius 3 is 2.73 bits per heavy atom. The van der Waals surface area contributed by atoms with E-state index in [4.69, 9.17) is 14.8 Å². The van der Waals surface area contributed by atoms with Crippen molar-refractivity contribution in [2.75, 3.05) is 0 Å². The van der Waals surface area contributed by atoms with Gasteiger partial charge in [0.25, 0.3) is 5.56 Å². The molecule has 0 spiro atoms. The van der Waals surface area contributed by atoms with Crippen LogP contribution in [0.25, 0.3) is 11.2 Å². The number of rotatable bonds is 6. The largest absolute Gasteiger partial charge is 0.478 e. The highest BCUT2D eigenvalue weighted by atomic mass is 16.5. The highest BCUT2D eigenvalue weighted by molar-refractivity contribution is 5.87. The zero-order valence-electron chi connectivity index (χ0n) is 18.7. The van der Waals surface area contributed by atoms with Crippen LogP contribution in [0.3, 0.4) is 0 Å². The molecule has 4 bridgehead atoms. The van der Waals surface area contributed by atoms with Crippen molar-refractivity contribution in [2.45, 2.75) is 63.8 Å². The maximum Gasteiger partial charge on any atom is 0.335 e. The molecule has 172 valence electrons. The van der Waals surface area contributed by atoms with Gasteiger partial charge in [-0.25, -0.2) is 9.78 Å². The Balaban J connectivity index is 1.41. The number of imidazole rings is 1. The van der Waals surface area contributed by atoms with Gasteiger partial charge in [-0.1, -0.05) is 19.8 Å². The van der Waals surface area contributed by atoms with E-state index >= 15 is 0 Å². The molecule has 0 aliphatic heterocycles. The minimum absolute atomic E-state index is 0.0497. The minimum Gasteiger partial charge on any atom is -0.478 e. The molecule has 4 saturated carbocycles. The van der Waals surface area contributed by atoms with Crippen molar-refractivity contribution in [3.05, 3.63) is 46.0 Å². The predicted molar refractivity (Wildman–Crippen MR) is 122 cm³/mol. The van der Waals surface area contributed by atoms with Gasteiger partial charge in [0.1, 0.15) is 11.6 Å². The lowest BCUT2D eigenvalue weighted by atomic mass is 9.70. The number of hydrogen-bond acceptors (Lipinski definition) is 5. The standard InChI is InChI=1S/C25H28N4O4/c1-2-10-29-21(30)19-20(28-24(29)33-18-7-5-14(6-8-18)22(31)32)27-23(26-19)25-9-3-4-15-11-17(25)12-16(15)13-25/h5-8,15-17H,2-4,9-13H2,1H3,(H,26,27)(H,31,32). The van der Waals surface area contributed by atoms with Gasteiger partial charge in [0, 0.05) is 12.0 Å². The second kappa shape index (κ2) is 7.43. The van der Waals surface area contributed by atoms with Crippen molar-refractivity contribution in [1.82, 2.24) is 19.5 Å². The van der Waals surface area contributed by atoms with Crippen molar-refractivity contribution in [3.8, 4) is 11.8 Å². The van der Waals surface area contributed by atoms with Crippen LogP contribution >= 0.6 is 0 Å². The predicted octanol–water partition coefficient (Wildman–Crippen LogP) is 4.49. The zero-order valence-corrected chi connectivity index (χ0v) is 18.7. The molecule has 4 aliphatic carbocycles. The van der Waals surface area contributed by atoms with Gasteiger partial charge in [-0.2, -0.15) is 4.98 Å². The molecule has 4 aliphatic rings. The number of carboxylic acid groups (broad SMARTS) is 1. The minimum atomic E-state index is -1.00. The van der Waals surface area contributed by atoms with Crippen LogP contribution in [0.4, 0.5) is 0 Å². The molecule has 4 atom stereocenters. The zero-order chi connectivity index (χ0) is 22.7. The second-order valence-electron chi connectivity index (χ2n) is 10.0. The highest BCUT2D eigenvalue weighted by Gasteiger charge is 2.58. The summed E-state index contributed by atoms with van der Waals surface area (Å²) in [6, 6.07) is 6.27. The van der Waals surface area contributed by atoms with Crippen LogP contribution in [-0.4, -0.2) is 30.6 Å². The van der Waals surface area contributed by atoms with Gasteiger partial charge < -0.3 is 14.8 Å². The third-order valence-corrected chi connectivity index (χ3v) is 8.25. The maximum atomic E-state index is 13.4. The first kappa shape index (κ1) is 20.4. The molecule has 0 amide bonds. The number of nitrogens with one attached hydrogen (secondary N) is 1. The maximum absolute atomic E-state index is 13.4. The van der Waals surface area contributed by atoms with Crippen LogP contribution in [0, 0.1) is 17.8 Å². The number of nitrogens with zero attached hydrogens (tertiary/aromatic N) is 3. The molecule has 8 heteroatoms. The molecule has 3 aromatic rings. The van der Waals surface area contributed by atoms with Gasteiger partial charge in [0.15, 0.2) is 11.2 Å². The summed E-state index contributed by atoms with van der Waals surface area (Å²) in [4.78, 5) is 37.5. The van der Waals surface area contributed by atoms with Gasteiger partial charge in [-0.3, -0.25) is 9.36 Å². The molecule has 7 rings (SSSR count). The lowest BCUT2D eigenvalue weighted by Gasteiger charge is -2.35. The molecule has 8 nitrogen and oxygen atoms in total. The number of carboxylic acids is 1. The van der Waals surface area contributed by atoms with Gasteiger partial charge in [0.05, 0.1) is 5.56 Å². The normalized spacial score (nSPS) is 27.8. The van der Waals surface area contributed by atoms with Crippen LogP contribution in [0.2, 0.25) is 0 Å². The number of hydrogen-bond donors (Lipinski definition) is 2. The Labute approximate surface area is 191 Å². The van der Waals surface area contributed by atoms with Gasteiger partial charge in [-0.15, -0.1) is 0 Å². The summed E-state index contributed by atoms with van der Waals surface area (Å²) in [5, 5.41) is 9.12. The van der Waals surface area contributed by atoms with Crippen LogP contribution < -0.4 is 10.3 Å². The third kappa shape index (κ3) is 3.10. The summed E-state index contributed by atoms with van der Waals surface area (Å²) in [7, 11) is 0. The number of aromatic nitrogens is 4. The molecule has 2 N–H and O–H groups in total. The van der Waals surface area contributed by atoms with Crippen LogP contribution in [-0.2, 0) is 12.0 Å². The molecule has 33 heavy (non-hydrogen) atoms. The van der Waals surface area contributed by atoms with Gasteiger partial charge in [0.2, 0.25) is 0 Å². The summed E-state index contributed by atoms with van der Waals surface area (Å²) >= 11 is 0. The Morgan fingerprint density at radius 2 is 2.03 bits per heavy atom. The molecule has 0 saturated heterocycles. The summed E-state index contributed by atoms with van der Waals surface area (Å²) in [6.07, 6.45) is 8.17. The van der Waals surface area contributed by atoms with Crippen molar-refractivity contribution in [2.24, 2.45) is 17.8 Å². The molecule has 4 fully saturated rings. The number of ether oxygens (including phenoxy) is 1. The van der Waals surface area contributed by atoms with Crippen molar-refractivity contribution < 1.29 is 14.6 Å². The smallest absolute Gasteiger partial charge is 0.335 e. The van der Waals surface area contributed by atoms with Crippen molar-refractivity contribution in [3.63, 3.8) is 0 Å². The average molecular weight is 449 g/mol. The van der Waals surface area contributed by atoms with E-state index in [-0.39, 0.29) is 22.5 Å². The van der Waals surface area contributed by atoms with Crippen LogP contribution in [0.1, 0.15) is 68.1 Å². The number of carbonyl (C=O) groups is 1. The molecule has 2 heterocycles. The number of H-pyrrole nitrogens is 1. The highest BCUT2D eigenvalue weighted by Crippen LogP contribution is 2.64. The molecular weight excluding hydrogens is 420 g/mol. The first-order valence-corrected chi connectivity index (χ1v) is 12.0. The fourth-order valence-electron chi connectivity index (χ4n) is 6.77. The van der Waals surface area contributed by atoms with Crippen molar-refractivity contribution >= 4 is 17.1 Å². The fraction of sp³-hybridized carbons (Fsp3) is 0.520. The lowest BCUT2D eigenvalue weighted by Crippen LogP contribution is -2.33. The number of aromatic carboxylic acids is 1. The summed E-state index contributed by atoms with van der Waals surface area (Å²) in [5.74, 6) is 2.68. The molecule has 2 aromatic heterocycles. The monoisotopic (exact) mass is 448 g/mol. The van der Waals surface area contributed by atoms with E-state index in [1.54, 1.807) is 12.1 Å². The quantitative estimate of drug-likeness (QED) is 0.575. The third-order valence-electron chi connectivity index (χ3n) is 8.25. The van der Waals surface area contributed by atoms with Gasteiger partial charge >= 0.3 is 12.0 Å². The van der Waals surface area contributed by atoms with Crippen molar-refractivity contribution in [1.29, 1.82) is 0 Å². The fourth-order valence-corrected chi connectivity index (χ4v) is 6.77. The Bertz CT molecular complexity index is 1290. The summed E-state index contributed by atoms with van der Waals surface area (Å²) in [6.45, 7) is 2.47. The number of benzene rings is 1.